The number of aryl methyl sites for hydroxylation is 1. The molecule has 5 nitrogen and oxygen atoms in total. The van der Waals surface area contributed by atoms with Crippen LogP contribution in [-0.2, 0) is 4.74 Å². The summed E-state index contributed by atoms with van der Waals surface area (Å²) in [7, 11) is 0. The van der Waals surface area contributed by atoms with Gasteiger partial charge in [0.15, 0.2) is 0 Å². The van der Waals surface area contributed by atoms with Gasteiger partial charge in [-0.25, -0.2) is 9.78 Å². The number of nitrogens with one attached hydrogen (secondary N) is 1. The molecule has 2 aromatic rings. The molecular formula is C12H12N2O3. The number of esters is 1. The number of hydrogen-bond donors (Lipinski definition) is 1. The Kier molecular flexibility index (Phi) is 2.91. The first-order chi connectivity index (χ1) is 8.15. The predicted octanol–water partition coefficient (Wildman–Crippen LogP) is 1.41. The van der Waals surface area contributed by atoms with E-state index in [2.05, 4.69) is 9.97 Å². The molecule has 0 aromatic carbocycles. The Hall–Kier alpha value is -2.17. The highest BCUT2D eigenvalue weighted by atomic mass is 16.5. The van der Waals surface area contributed by atoms with Crippen molar-refractivity contribution < 1.29 is 9.53 Å². The van der Waals surface area contributed by atoms with Crippen molar-refractivity contribution in [3.05, 3.63) is 39.8 Å². The second-order valence-electron chi connectivity index (χ2n) is 3.57. The van der Waals surface area contributed by atoms with Crippen LogP contribution in [0, 0.1) is 6.92 Å². The van der Waals surface area contributed by atoms with Crippen LogP contribution in [0.4, 0.5) is 0 Å². The third-order valence-corrected chi connectivity index (χ3v) is 2.53. The van der Waals surface area contributed by atoms with Crippen molar-refractivity contribution in [3.8, 4) is 0 Å². The van der Waals surface area contributed by atoms with Crippen LogP contribution >= 0.6 is 0 Å². The first-order valence-electron chi connectivity index (χ1n) is 5.30. The zero-order valence-corrected chi connectivity index (χ0v) is 9.61. The number of pyridine rings is 2. The van der Waals surface area contributed by atoms with E-state index in [-0.39, 0.29) is 12.2 Å². The van der Waals surface area contributed by atoms with Gasteiger partial charge in [0, 0.05) is 11.6 Å². The standard InChI is InChI=1S/C12H12N2O3/c1-3-17-12(16)9-7(2)8-5-4-6-13-10(8)14-11(9)15/h4-6H,3H2,1-2H3,(H,13,14,15). The van der Waals surface area contributed by atoms with Gasteiger partial charge in [-0.1, -0.05) is 0 Å². The molecule has 0 spiro atoms. The summed E-state index contributed by atoms with van der Waals surface area (Å²) in [6.07, 6.45) is 1.59. The lowest BCUT2D eigenvalue weighted by molar-refractivity contribution is 0.0523. The third kappa shape index (κ3) is 1.91. The Labute approximate surface area is 97.4 Å². The van der Waals surface area contributed by atoms with Gasteiger partial charge < -0.3 is 9.72 Å². The van der Waals surface area contributed by atoms with Crippen molar-refractivity contribution in [1.82, 2.24) is 9.97 Å². The predicted molar refractivity (Wildman–Crippen MR) is 63.1 cm³/mol. The van der Waals surface area contributed by atoms with Gasteiger partial charge in [-0.2, -0.15) is 0 Å². The van der Waals surface area contributed by atoms with Crippen molar-refractivity contribution in [2.24, 2.45) is 0 Å². The Morgan fingerprint density at radius 3 is 3.00 bits per heavy atom. The highest BCUT2D eigenvalue weighted by Gasteiger charge is 2.17. The van der Waals surface area contributed by atoms with Crippen LogP contribution in [0.5, 0.6) is 0 Å². The summed E-state index contributed by atoms with van der Waals surface area (Å²) in [5.74, 6) is -0.600. The highest BCUT2D eigenvalue weighted by molar-refractivity contribution is 5.95. The van der Waals surface area contributed by atoms with E-state index in [9.17, 15) is 9.59 Å². The Morgan fingerprint density at radius 2 is 2.29 bits per heavy atom. The van der Waals surface area contributed by atoms with E-state index in [1.54, 1.807) is 32.2 Å². The highest BCUT2D eigenvalue weighted by Crippen LogP contribution is 2.15. The normalized spacial score (nSPS) is 10.5. The van der Waals surface area contributed by atoms with Gasteiger partial charge in [-0.05, 0) is 31.5 Å². The molecule has 0 amide bonds. The van der Waals surface area contributed by atoms with Crippen molar-refractivity contribution in [2.45, 2.75) is 13.8 Å². The Morgan fingerprint density at radius 1 is 1.53 bits per heavy atom. The van der Waals surface area contributed by atoms with Gasteiger partial charge >= 0.3 is 5.97 Å². The molecule has 17 heavy (non-hydrogen) atoms. The molecule has 0 radical (unpaired) electrons. The maximum atomic E-state index is 11.8. The average Bonchev–Trinajstić information content (AvgIpc) is 2.29. The van der Waals surface area contributed by atoms with Gasteiger partial charge in [0.05, 0.1) is 6.61 Å². The number of fused-ring (bicyclic) bond motifs is 1. The molecule has 1 N–H and O–H groups in total. The van der Waals surface area contributed by atoms with Crippen LogP contribution < -0.4 is 5.56 Å². The molecule has 0 bridgehead atoms. The van der Waals surface area contributed by atoms with Crippen LogP contribution in [-0.4, -0.2) is 22.5 Å². The SMILES string of the molecule is CCOC(=O)c1c(C)c2cccnc2[nH]c1=O. The molecule has 0 unspecified atom stereocenters. The topological polar surface area (TPSA) is 72.0 Å². The average molecular weight is 232 g/mol. The minimum absolute atomic E-state index is 0.0485. The first kappa shape index (κ1) is 11.3. The van der Waals surface area contributed by atoms with Crippen LogP contribution in [0.25, 0.3) is 11.0 Å². The fourth-order valence-corrected chi connectivity index (χ4v) is 1.73. The zero-order valence-electron chi connectivity index (χ0n) is 9.61. The summed E-state index contributed by atoms with van der Waals surface area (Å²) < 4.78 is 4.86. The largest absolute Gasteiger partial charge is 0.462 e. The molecule has 0 saturated carbocycles. The van der Waals surface area contributed by atoms with E-state index >= 15 is 0 Å². The fraction of sp³-hybridized carbons (Fsp3) is 0.250. The minimum Gasteiger partial charge on any atom is -0.462 e. The monoisotopic (exact) mass is 232 g/mol. The van der Waals surface area contributed by atoms with E-state index in [1.807, 2.05) is 0 Å². The summed E-state index contributed by atoms with van der Waals surface area (Å²) in [4.78, 5) is 30.1. The van der Waals surface area contributed by atoms with Crippen LogP contribution in [0.2, 0.25) is 0 Å². The summed E-state index contributed by atoms with van der Waals surface area (Å²) in [5.41, 5.74) is 0.651. The number of rotatable bonds is 2. The minimum atomic E-state index is -0.600. The zero-order chi connectivity index (χ0) is 12.4. The van der Waals surface area contributed by atoms with E-state index < -0.39 is 11.5 Å². The molecule has 0 fully saturated rings. The summed E-state index contributed by atoms with van der Waals surface area (Å²) in [6.45, 7) is 3.65. The molecule has 5 heteroatoms. The molecule has 0 aliphatic heterocycles. The number of aromatic amines is 1. The number of carbonyl (C=O) groups is 1. The molecule has 2 rings (SSSR count). The second kappa shape index (κ2) is 4.37. The van der Waals surface area contributed by atoms with Gasteiger partial charge in [0.25, 0.3) is 5.56 Å². The molecule has 88 valence electrons. The van der Waals surface area contributed by atoms with E-state index in [0.29, 0.717) is 11.2 Å². The lowest BCUT2D eigenvalue weighted by Gasteiger charge is -2.06. The number of carbonyl (C=O) groups excluding carboxylic acids is 1. The molecule has 0 aliphatic carbocycles. The van der Waals surface area contributed by atoms with Crippen molar-refractivity contribution in [2.75, 3.05) is 6.61 Å². The smallest absolute Gasteiger partial charge is 0.344 e. The van der Waals surface area contributed by atoms with Crippen LogP contribution in [0.15, 0.2) is 23.1 Å². The van der Waals surface area contributed by atoms with Gasteiger partial charge in [0.1, 0.15) is 11.2 Å². The maximum absolute atomic E-state index is 11.8. The lowest BCUT2D eigenvalue weighted by atomic mass is 10.1. The Balaban J connectivity index is 2.72. The molecule has 0 saturated heterocycles. The Bertz CT molecular complexity index is 631. The van der Waals surface area contributed by atoms with Crippen molar-refractivity contribution in [3.63, 3.8) is 0 Å². The van der Waals surface area contributed by atoms with Crippen LogP contribution in [0.1, 0.15) is 22.8 Å². The van der Waals surface area contributed by atoms with Crippen LogP contribution in [0.3, 0.4) is 0 Å². The summed E-state index contributed by atoms with van der Waals surface area (Å²) in [5, 5.41) is 0.746. The van der Waals surface area contributed by atoms with E-state index in [4.69, 9.17) is 4.74 Å². The van der Waals surface area contributed by atoms with Gasteiger partial charge in [0.2, 0.25) is 0 Å². The van der Waals surface area contributed by atoms with Crippen molar-refractivity contribution in [1.29, 1.82) is 0 Å². The number of nitrogens with zero attached hydrogens (tertiary/aromatic N) is 1. The van der Waals surface area contributed by atoms with Crippen molar-refractivity contribution >= 4 is 17.0 Å². The molecule has 0 atom stereocenters. The molecule has 2 aromatic heterocycles. The quantitative estimate of drug-likeness (QED) is 0.794. The molecule has 2 heterocycles. The number of hydrogen-bond acceptors (Lipinski definition) is 4. The number of aromatic nitrogens is 2. The van der Waals surface area contributed by atoms with Gasteiger partial charge in [-0.3, -0.25) is 4.79 Å². The lowest BCUT2D eigenvalue weighted by Crippen LogP contribution is -2.22. The maximum Gasteiger partial charge on any atom is 0.344 e. The van der Waals surface area contributed by atoms with E-state index in [0.717, 1.165) is 5.39 Å². The molecule has 0 aliphatic rings. The number of H-pyrrole nitrogens is 1. The summed E-state index contributed by atoms with van der Waals surface area (Å²) in [6, 6.07) is 3.55. The van der Waals surface area contributed by atoms with E-state index in [1.165, 1.54) is 0 Å². The summed E-state index contributed by atoms with van der Waals surface area (Å²) >= 11 is 0. The third-order valence-electron chi connectivity index (χ3n) is 2.53. The van der Waals surface area contributed by atoms with Gasteiger partial charge in [-0.15, -0.1) is 0 Å². The second-order valence-corrected chi connectivity index (χ2v) is 3.57. The first-order valence-corrected chi connectivity index (χ1v) is 5.30. The number of ether oxygens (including phenoxy) is 1. The molecular weight excluding hydrogens is 220 g/mol. The fourth-order valence-electron chi connectivity index (χ4n) is 1.73.